The number of carboxylic acids is 1. The minimum atomic E-state index is -2.15. The van der Waals surface area contributed by atoms with Crippen LogP contribution >= 0.6 is 0 Å². The van der Waals surface area contributed by atoms with E-state index in [4.69, 9.17) is 42.6 Å². The van der Waals surface area contributed by atoms with Gasteiger partial charge in [0.1, 0.15) is 85.5 Å². The van der Waals surface area contributed by atoms with Crippen molar-refractivity contribution < 1.29 is 133 Å². The summed E-state index contributed by atoms with van der Waals surface area (Å²) in [5.74, 6) is -6.61. The zero-order chi connectivity index (χ0) is 60.0. The topological polar surface area (TPSA) is 438 Å². The summed E-state index contributed by atoms with van der Waals surface area (Å²) >= 11 is 0. The highest BCUT2D eigenvalue weighted by atomic mass is 16.8. The highest BCUT2D eigenvalue weighted by Crippen LogP contribution is 2.42. The van der Waals surface area contributed by atoms with Gasteiger partial charge in [-0.25, -0.2) is 14.4 Å². The first-order valence-corrected chi connectivity index (χ1v) is 25.3. The number of esters is 2. The van der Waals surface area contributed by atoms with Gasteiger partial charge in [0.15, 0.2) is 53.2 Å². The van der Waals surface area contributed by atoms with Crippen molar-refractivity contribution in [1.82, 2.24) is 0 Å². The maximum atomic E-state index is 13.6. The van der Waals surface area contributed by atoms with Crippen LogP contribution in [0.3, 0.4) is 0 Å². The first kappa shape index (κ1) is 61.1. The molecule has 0 aromatic heterocycles. The fraction of sp³-hybridized carbons (Fsp3) is 0.382. The van der Waals surface area contributed by atoms with Crippen LogP contribution < -0.4 is 14.4 Å². The van der Waals surface area contributed by atoms with Gasteiger partial charge in [-0.05, 0) is 82.9 Å². The summed E-state index contributed by atoms with van der Waals surface area (Å²) in [7, 11) is 1.32. The van der Waals surface area contributed by atoms with Gasteiger partial charge < -0.3 is 114 Å². The van der Waals surface area contributed by atoms with Gasteiger partial charge in [-0.3, -0.25) is 9.69 Å². The molecule has 0 saturated carbocycles. The molecule has 0 unspecified atom stereocenters. The summed E-state index contributed by atoms with van der Waals surface area (Å²) in [6.45, 7) is -2.67. The number of carboxylic acid groups (broad SMARTS) is 1. The smallest absolute Gasteiger partial charge is 0.331 e. The number of phenols is 5. The minimum absolute atomic E-state index is 0.0283. The minimum Gasteiger partial charge on any atom is -0.508 e. The average molecular weight is 1170 g/mol. The molecule has 1 amide bonds. The lowest BCUT2D eigenvalue weighted by atomic mass is 9.96. The molecule has 14 N–H and O–H groups in total. The van der Waals surface area contributed by atoms with E-state index >= 15 is 0 Å². The number of aliphatic carboxylic acids is 1. The molecule has 0 aliphatic carbocycles. The number of aliphatic hydroxyl groups excluding tert-OH is 8. The number of aliphatic hydroxyl groups is 8. The number of nitrogens with zero attached hydrogens (tertiary/aromatic N) is 1. The number of benzene rings is 4. The van der Waals surface area contributed by atoms with Crippen molar-refractivity contribution in [2.75, 3.05) is 31.8 Å². The quantitative estimate of drug-likeness (QED) is 0.0293. The highest BCUT2D eigenvalue weighted by Gasteiger charge is 2.54. The Morgan fingerprint density at radius 3 is 1.82 bits per heavy atom. The van der Waals surface area contributed by atoms with Gasteiger partial charge in [0.25, 0.3) is 5.91 Å². The van der Waals surface area contributed by atoms with Crippen molar-refractivity contribution in [3.8, 4) is 40.2 Å². The van der Waals surface area contributed by atoms with Crippen molar-refractivity contribution in [3.05, 3.63) is 113 Å². The van der Waals surface area contributed by atoms with Crippen LogP contribution in [0, 0.1) is 0 Å². The molecule has 8 rings (SSSR count). The maximum absolute atomic E-state index is 13.6. The molecule has 0 bridgehead atoms. The van der Waals surface area contributed by atoms with E-state index in [1.807, 2.05) is 0 Å². The van der Waals surface area contributed by atoms with Gasteiger partial charge in [0.2, 0.25) is 6.29 Å². The normalized spacial score (nSPS) is 29.9. The Morgan fingerprint density at radius 1 is 0.578 bits per heavy atom. The van der Waals surface area contributed by atoms with E-state index in [1.165, 1.54) is 67.8 Å². The van der Waals surface area contributed by atoms with E-state index in [-0.39, 0.29) is 40.5 Å². The van der Waals surface area contributed by atoms with Crippen LogP contribution in [0.15, 0.2) is 91.0 Å². The summed E-state index contributed by atoms with van der Waals surface area (Å²) in [6.07, 6.45) is -22.8. The van der Waals surface area contributed by atoms with Gasteiger partial charge in [0, 0.05) is 30.7 Å². The van der Waals surface area contributed by atoms with Crippen LogP contribution in [0.25, 0.3) is 18.2 Å². The molecule has 0 spiro atoms. The van der Waals surface area contributed by atoms with Crippen molar-refractivity contribution >= 4 is 47.7 Å². The number of amides is 1. The Morgan fingerprint density at radius 2 is 1.17 bits per heavy atom. The second-order valence-corrected chi connectivity index (χ2v) is 19.3. The van der Waals surface area contributed by atoms with Crippen molar-refractivity contribution in [2.24, 2.45) is 0 Å². The van der Waals surface area contributed by atoms with Gasteiger partial charge >= 0.3 is 17.9 Å². The zero-order valence-electron chi connectivity index (χ0n) is 43.5. The predicted molar refractivity (Wildman–Crippen MR) is 278 cm³/mol. The third-order valence-electron chi connectivity index (χ3n) is 13.7. The molecule has 28 heteroatoms. The van der Waals surface area contributed by atoms with E-state index in [9.17, 15) is 90.7 Å². The van der Waals surface area contributed by atoms with Crippen LogP contribution in [-0.4, -0.2) is 220 Å². The number of carbonyl (C=O) groups is 4. The van der Waals surface area contributed by atoms with Crippen LogP contribution in [0.5, 0.6) is 40.2 Å². The summed E-state index contributed by atoms with van der Waals surface area (Å²) in [5.41, 5.74) is 1.26. The number of fused-ring (bicyclic) bond motifs is 1. The molecule has 28 nitrogen and oxygen atoms in total. The molecule has 83 heavy (non-hydrogen) atoms. The standard InChI is InChI=1S/C55H59NO27/c1-75-35-17-26(5-12-32(35)60)7-14-41(64)76-22-38-43(66)46(69)48(71)54(81-38)83-50-37(21-57)79-55(51(49(50)72)82-42(65)15-8-25-4-11-31(59)33(61)16-25)77-23-39-44(67)45(68)47(70)53(80-39)78-36-20-29-27(19-34(36)62)18-30(52(73)74)56(29)40(63)13-6-24-2-9-28(58)10-3-24/h2-17,19-20,30,37-39,43-51,53-55,57-62,66-72H,18,21-23H2,1H3,(H,73,74)/b13-6+,14-7+,15-8+/t30-,37+,38+,39+,43+,44+,45-,46-,47+,48+,49-,50+,51+,53+,54-,55+/m0/s1. The molecule has 4 aliphatic heterocycles. The number of phenolic OH excluding ortho intramolecular Hbond substituents is 5. The van der Waals surface area contributed by atoms with Crippen molar-refractivity contribution in [3.63, 3.8) is 0 Å². The number of aromatic hydroxyl groups is 5. The number of hydrogen-bond donors (Lipinski definition) is 14. The third kappa shape index (κ3) is 14.1. The Bertz CT molecular complexity index is 3060. The third-order valence-corrected chi connectivity index (χ3v) is 13.7. The van der Waals surface area contributed by atoms with Gasteiger partial charge in [-0.1, -0.05) is 24.3 Å². The summed E-state index contributed by atoms with van der Waals surface area (Å²) in [6, 6.07) is 14.3. The van der Waals surface area contributed by atoms with Gasteiger partial charge in [0.05, 0.1) is 26.0 Å². The Kier molecular flexibility index (Phi) is 19.5. The summed E-state index contributed by atoms with van der Waals surface area (Å²) in [5, 5.41) is 149. The molecular weight excluding hydrogens is 1110 g/mol. The lowest BCUT2D eigenvalue weighted by Gasteiger charge is -2.47. The zero-order valence-corrected chi connectivity index (χ0v) is 43.5. The Balaban J connectivity index is 0.986. The largest absolute Gasteiger partial charge is 0.508 e. The number of rotatable bonds is 19. The molecule has 3 fully saturated rings. The van der Waals surface area contributed by atoms with Crippen LogP contribution in [0.4, 0.5) is 5.69 Å². The van der Waals surface area contributed by atoms with E-state index in [1.54, 1.807) is 0 Å². The van der Waals surface area contributed by atoms with E-state index in [0.717, 1.165) is 53.5 Å². The van der Waals surface area contributed by atoms with Gasteiger partial charge in [-0.15, -0.1) is 0 Å². The first-order chi connectivity index (χ1) is 39.5. The fourth-order valence-electron chi connectivity index (χ4n) is 9.27. The first-order valence-electron chi connectivity index (χ1n) is 25.3. The molecule has 4 aliphatic rings. The SMILES string of the molecule is COc1cc(/C=C/C(=O)OC[C@H]2O[C@@H](O[C@H]3[C@H](O)[C@@H](OC(=O)/C=C/c4ccc(O)c(O)c4)[C@H](OC[C@H]4O[C@@H](Oc5cc6c(cc5O)C[C@@H](C(=O)O)N6C(=O)/C=C/c5ccc(O)cc5)[C@H](O)[C@@H](O)[C@@H]4O)O[C@@H]3CO)[C@H](O)[C@@H](O)[C@@H]2O)ccc1O. The average Bonchev–Trinajstić information content (AvgIpc) is 4.13. The molecule has 3 saturated heterocycles. The molecule has 4 aromatic rings. The fourth-order valence-corrected chi connectivity index (χ4v) is 9.27. The lowest BCUT2D eigenvalue weighted by molar-refractivity contribution is -0.363. The lowest BCUT2D eigenvalue weighted by Crippen LogP contribution is -2.65. The van der Waals surface area contributed by atoms with Crippen LogP contribution in [-0.2, 0) is 58.8 Å². The van der Waals surface area contributed by atoms with Crippen LogP contribution in [0.2, 0.25) is 0 Å². The molecule has 446 valence electrons. The number of carbonyl (C=O) groups excluding carboxylic acids is 3. The molecule has 4 aromatic carbocycles. The second kappa shape index (κ2) is 26.5. The second-order valence-electron chi connectivity index (χ2n) is 19.3. The van der Waals surface area contributed by atoms with Gasteiger partial charge in [-0.2, -0.15) is 0 Å². The summed E-state index contributed by atoms with van der Waals surface area (Å²) < 4.78 is 50.8. The molecular formula is C55H59NO27. The predicted octanol–water partition coefficient (Wildman–Crippen LogP) is -1.37. The van der Waals surface area contributed by atoms with E-state index in [0.29, 0.717) is 11.1 Å². The highest BCUT2D eigenvalue weighted by molar-refractivity contribution is 6.09. The van der Waals surface area contributed by atoms with E-state index in [2.05, 4.69) is 0 Å². The number of hydrogen-bond acceptors (Lipinski definition) is 26. The van der Waals surface area contributed by atoms with Crippen molar-refractivity contribution in [2.45, 2.75) is 105 Å². The number of anilines is 1. The maximum Gasteiger partial charge on any atom is 0.331 e. The number of methoxy groups -OCH3 is 1. The molecule has 0 radical (unpaired) electrons. The number of ether oxygens (including phenoxy) is 9. The Hall–Kier alpha value is -7.94. The monoisotopic (exact) mass is 1170 g/mol. The molecule has 16 atom stereocenters. The Labute approximate surface area is 469 Å². The molecule has 4 heterocycles. The van der Waals surface area contributed by atoms with Crippen molar-refractivity contribution in [1.29, 1.82) is 0 Å². The summed E-state index contributed by atoms with van der Waals surface area (Å²) in [4.78, 5) is 53.1. The van der Waals surface area contributed by atoms with E-state index < -0.39 is 165 Å². The van der Waals surface area contributed by atoms with Crippen LogP contribution in [0.1, 0.15) is 22.3 Å².